The van der Waals surface area contributed by atoms with Gasteiger partial charge in [0.25, 0.3) is 5.91 Å². The van der Waals surface area contributed by atoms with Crippen LogP contribution in [0.25, 0.3) is 0 Å². The van der Waals surface area contributed by atoms with Crippen molar-refractivity contribution in [2.75, 3.05) is 11.5 Å². The van der Waals surface area contributed by atoms with E-state index in [-0.39, 0.29) is 16.3 Å². The second-order valence-electron chi connectivity index (χ2n) is 2.33. The molecule has 6 N–H and O–H groups in total. The van der Waals surface area contributed by atoms with Gasteiger partial charge in [-0.2, -0.15) is 0 Å². The highest BCUT2D eigenvalue weighted by atomic mass is 35.5. The molecular weight excluding hydrogens is 178 g/mol. The van der Waals surface area contributed by atoms with Crippen LogP contribution in [0, 0.1) is 0 Å². The molecule has 0 aromatic heterocycles. The van der Waals surface area contributed by atoms with Crippen molar-refractivity contribution in [3.8, 4) is 0 Å². The van der Waals surface area contributed by atoms with Crippen molar-refractivity contribution >= 4 is 28.9 Å². The van der Waals surface area contributed by atoms with Crippen LogP contribution in [0.1, 0.15) is 10.4 Å². The smallest absolute Gasteiger partial charge is 0.250 e. The van der Waals surface area contributed by atoms with Crippen LogP contribution < -0.4 is 17.2 Å². The molecule has 64 valence electrons. The highest BCUT2D eigenvalue weighted by molar-refractivity contribution is 6.34. The minimum Gasteiger partial charge on any atom is -0.399 e. The number of benzene rings is 1. The molecule has 1 aromatic rings. The Morgan fingerprint density at radius 1 is 1.33 bits per heavy atom. The second kappa shape index (κ2) is 2.91. The van der Waals surface area contributed by atoms with Gasteiger partial charge in [0.1, 0.15) is 0 Å². The van der Waals surface area contributed by atoms with Gasteiger partial charge in [0.15, 0.2) is 0 Å². The van der Waals surface area contributed by atoms with Crippen molar-refractivity contribution in [2.24, 2.45) is 5.73 Å². The fourth-order valence-corrected chi connectivity index (χ4v) is 1.07. The molecule has 0 saturated heterocycles. The average Bonchev–Trinajstić information content (AvgIpc) is 1.96. The fraction of sp³-hybridized carbons (Fsp3) is 0. The predicted octanol–water partition coefficient (Wildman–Crippen LogP) is 0.603. The molecule has 0 aliphatic rings. The standard InChI is InChI=1S/C7H8ClN3O/c8-5-2-3(9)1-4(6(5)10)7(11)12/h1-2H,9-10H2,(H2,11,12). The molecule has 4 nitrogen and oxygen atoms in total. The molecular formula is C7H8ClN3O. The summed E-state index contributed by atoms with van der Waals surface area (Å²) in [6.07, 6.45) is 0. The van der Waals surface area contributed by atoms with Crippen LogP contribution in [0.5, 0.6) is 0 Å². The fourth-order valence-electron chi connectivity index (χ4n) is 0.843. The van der Waals surface area contributed by atoms with Gasteiger partial charge in [0, 0.05) is 5.69 Å². The van der Waals surface area contributed by atoms with Gasteiger partial charge in [0.2, 0.25) is 0 Å². The van der Waals surface area contributed by atoms with E-state index in [0.29, 0.717) is 5.69 Å². The van der Waals surface area contributed by atoms with Crippen LogP contribution >= 0.6 is 11.6 Å². The van der Waals surface area contributed by atoms with E-state index in [0.717, 1.165) is 0 Å². The lowest BCUT2D eigenvalue weighted by molar-refractivity contribution is 0.100. The molecule has 1 rings (SSSR count). The Kier molecular flexibility index (Phi) is 2.10. The summed E-state index contributed by atoms with van der Waals surface area (Å²) in [4.78, 5) is 10.8. The number of hydrogen-bond acceptors (Lipinski definition) is 3. The quantitative estimate of drug-likeness (QED) is 0.560. The van der Waals surface area contributed by atoms with Crippen molar-refractivity contribution in [3.05, 3.63) is 22.7 Å². The molecule has 12 heavy (non-hydrogen) atoms. The number of anilines is 2. The van der Waals surface area contributed by atoms with Crippen LogP contribution in [-0.2, 0) is 0 Å². The first-order valence-corrected chi connectivity index (χ1v) is 3.54. The van der Waals surface area contributed by atoms with Gasteiger partial charge in [0.05, 0.1) is 16.3 Å². The number of rotatable bonds is 1. The van der Waals surface area contributed by atoms with E-state index in [2.05, 4.69) is 0 Å². The summed E-state index contributed by atoms with van der Waals surface area (Å²) in [6.45, 7) is 0. The van der Waals surface area contributed by atoms with E-state index < -0.39 is 5.91 Å². The third kappa shape index (κ3) is 1.43. The molecule has 0 heterocycles. The lowest BCUT2D eigenvalue weighted by Gasteiger charge is -2.04. The number of nitrogens with two attached hydrogens (primary N) is 3. The average molecular weight is 186 g/mol. The van der Waals surface area contributed by atoms with E-state index >= 15 is 0 Å². The van der Waals surface area contributed by atoms with Crippen LogP contribution in [0.3, 0.4) is 0 Å². The zero-order valence-electron chi connectivity index (χ0n) is 6.17. The Morgan fingerprint density at radius 2 is 1.92 bits per heavy atom. The summed E-state index contributed by atoms with van der Waals surface area (Å²) in [5.41, 5.74) is 16.6. The van der Waals surface area contributed by atoms with Crippen LogP contribution in [-0.4, -0.2) is 5.91 Å². The Hall–Kier alpha value is -1.42. The molecule has 0 spiro atoms. The Labute approximate surface area is 74.3 Å². The maximum Gasteiger partial charge on any atom is 0.250 e. The number of primary amides is 1. The topological polar surface area (TPSA) is 95.1 Å². The summed E-state index contributed by atoms with van der Waals surface area (Å²) in [7, 11) is 0. The van der Waals surface area contributed by atoms with E-state index in [1.807, 2.05) is 0 Å². The van der Waals surface area contributed by atoms with Gasteiger partial charge >= 0.3 is 0 Å². The van der Waals surface area contributed by atoms with Crippen LogP contribution in [0.15, 0.2) is 12.1 Å². The number of halogens is 1. The Balaban J connectivity index is 3.37. The third-order valence-electron chi connectivity index (χ3n) is 1.42. The van der Waals surface area contributed by atoms with Gasteiger partial charge in [-0.3, -0.25) is 4.79 Å². The summed E-state index contributed by atoms with van der Waals surface area (Å²) in [5.74, 6) is -0.637. The summed E-state index contributed by atoms with van der Waals surface area (Å²) < 4.78 is 0. The minimum absolute atomic E-state index is 0.153. The van der Waals surface area contributed by atoms with Crippen molar-refractivity contribution in [1.29, 1.82) is 0 Å². The van der Waals surface area contributed by atoms with Crippen LogP contribution in [0.2, 0.25) is 5.02 Å². The molecule has 0 aliphatic carbocycles. The number of hydrogen-bond donors (Lipinski definition) is 3. The third-order valence-corrected chi connectivity index (χ3v) is 1.73. The summed E-state index contributed by atoms with van der Waals surface area (Å²) in [6, 6.07) is 2.85. The van der Waals surface area contributed by atoms with Gasteiger partial charge < -0.3 is 17.2 Å². The molecule has 0 saturated carbocycles. The number of amides is 1. The molecule has 1 aromatic carbocycles. The Morgan fingerprint density at radius 3 is 2.42 bits per heavy atom. The molecule has 0 radical (unpaired) electrons. The maximum absolute atomic E-state index is 10.8. The van der Waals surface area contributed by atoms with Crippen LogP contribution in [0.4, 0.5) is 11.4 Å². The molecule has 0 bridgehead atoms. The van der Waals surface area contributed by atoms with Gasteiger partial charge in [-0.1, -0.05) is 11.6 Å². The van der Waals surface area contributed by atoms with Crippen molar-refractivity contribution < 1.29 is 4.79 Å². The van der Waals surface area contributed by atoms with Gasteiger partial charge in [-0.25, -0.2) is 0 Å². The SMILES string of the molecule is NC(=O)c1cc(N)cc(Cl)c1N. The first-order valence-electron chi connectivity index (χ1n) is 3.16. The van der Waals surface area contributed by atoms with Gasteiger partial charge in [-0.05, 0) is 12.1 Å². The molecule has 0 atom stereocenters. The maximum atomic E-state index is 10.8. The highest BCUT2D eigenvalue weighted by Crippen LogP contribution is 2.25. The number of nitrogen functional groups attached to an aromatic ring is 2. The van der Waals surface area contributed by atoms with Crippen molar-refractivity contribution in [1.82, 2.24) is 0 Å². The normalized spacial score (nSPS) is 9.75. The monoisotopic (exact) mass is 185 g/mol. The highest BCUT2D eigenvalue weighted by Gasteiger charge is 2.09. The summed E-state index contributed by atoms with van der Waals surface area (Å²) in [5, 5.41) is 0.240. The zero-order valence-corrected chi connectivity index (χ0v) is 6.93. The molecule has 5 heteroatoms. The predicted molar refractivity (Wildman–Crippen MR) is 48.8 cm³/mol. The largest absolute Gasteiger partial charge is 0.399 e. The van der Waals surface area contributed by atoms with Gasteiger partial charge in [-0.15, -0.1) is 0 Å². The lowest BCUT2D eigenvalue weighted by Crippen LogP contribution is -2.14. The minimum atomic E-state index is -0.637. The molecule has 0 aliphatic heterocycles. The van der Waals surface area contributed by atoms with Crippen molar-refractivity contribution in [2.45, 2.75) is 0 Å². The lowest BCUT2D eigenvalue weighted by atomic mass is 10.1. The van der Waals surface area contributed by atoms with E-state index in [1.54, 1.807) is 0 Å². The first-order chi connectivity index (χ1) is 5.52. The number of carbonyl (C=O) groups excluding carboxylic acids is 1. The van der Waals surface area contributed by atoms with E-state index in [9.17, 15) is 4.79 Å². The summed E-state index contributed by atoms with van der Waals surface area (Å²) >= 11 is 5.65. The second-order valence-corrected chi connectivity index (χ2v) is 2.74. The first kappa shape index (κ1) is 8.67. The zero-order chi connectivity index (χ0) is 9.30. The molecule has 0 unspecified atom stereocenters. The number of carbonyl (C=O) groups is 1. The van der Waals surface area contributed by atoms with E-state index in [1.165, 1.54) is 12.1 Å². The van der Waals surface area contributed by atoms with Crippen molar-refractivity contribution in [3.63, 3.8) is 0 Å². The molecule has 1 amide bonds. The molecule has 0 fully saturated rings. The van der Waals surface area contributed by atoms with E-state index in [4.69, 9.17) is 28.8 Å². The Bertz CT molecular complexity index is 338.